The molecule has 2 rings (SSSR count). The Bertz CT molecular complexity index is 741. The van der Waals surface area contributed by atoms with Gasteiger partial charge in [-0.3, -0.25) is 4.90 Å². The number of halogens is 3. The second-order valence-corrected chi connectivity index (χ2v) is 5.40. The number of nitrogens with zero attached hydrogens (tertiary/aromatic N) is 1. The first-order chi connectivity index (χ1) is 11.7. The second kappa shape index (κ2) is 7.00. The number of alkyl halides is 3. The number of carbonyl (C=O) groups excluding carboxylic acids is 2. The van der Waals surface area contributed by atoms with Crippen LogP contribution < -0.4 is 5.32 Å². The van der Waals surface area contributed by atoms with Gasteiger partial charge in [-0.15, -0.1) is 6.58 Å². The number of urea groups is 1. The van der Waals surface area contributed by atoms with Crippen LogP contribution in [0, 0.1) is 0 Å². The zero-order valence-electron chi connectivity index (χ0n) is 13.7. The minimum atomic E-state index is -4.53. The predicted molar refractivity (Wildman–Crippen MR) is 84.3 cm³/mol. The van der Waals surface area contributed by atoms with Gasteiger partial charge < -0.3 is 10.1 Å². The number of methoxy groups -OCH3 is 1. The van der Waals surface area contributed by atoms with Crippen molar-refractivity contribution in [1.82, 2.24) is 10.2 Å². The molecular weight excluding hydrogens is 337 g/mol. The second-order valence-electron chi connectivity index (χ2n) is 5.40. The third-order valence-electron chi connectivity index (χ3n) is 3.86. The summed E-state index contributed by atoms with van der Waals surface area (Å²) in [6, 6.07) is 2.90. The molecule has 0 unspecified atom stereocenters. The third kappa shape index (κ3) is 3.67. The van der Waals surface area contributed by atoms with Gasteiger partial charge in [0, 0.05) is 12.2 Å². The molecule has 8 heteroatoms. The zero-order chi connectivity index (χ0) is 18.8. The smallest absolute Gasteiger partial charge is 0.416 e. The average Bonchev–Trinajstić information content (AvgIpc) is 2.57. The van der Waals surface area contributed by atoms with E-state index in [4.69, 9.17) is 4.74 Å². The maximum atomic E-state index is 13.0. The number of rotatable bonds is 4. The molecule has 0 aliphatic carbocycles. The first-order valence-corrected chi connectivity index (χ1v) is 7.35. The van der Waals surface area contributed by atoms with Crippen molar-refractivity contribution in [2.24, 2.45) is 0 Å². The van der Waals surface area contributed by atoms with Crippen LogP contribution in [0.5, 0.6) is 0 Å². The van der Waals surface area contributed by atoms with Crippen LogP contribution in [0.1, 0.15) is 24.1 Å². The first-order valence-electron chi connectivity index (χ1n) is 7.35. The van der Waals surface area contributed by atoms with Crippen LogP contribution in [-0.4, -0.2) is 30.6 Å². The number of carbonyl (C=O) groups is 2. The van der Waals surface area contributed by atoms with Gasteiger partial charge in [0.25, 0.3) is 0 Å². The van der Waals surface area contributed by atoms with Gasteiger partial charge in [-0.25, -0.2) is 9.59 Å². The van der Waals surface area contributed by atoms with Crippen LogP contribution >= 0.6 is 0 Å². The minimum Gasteiger partial charge on any atom is -0.466 e. The van der Waals surface area contributed by atoms with Crippen molar-refractivity contribution in [3.05, 3.63) is 59.3 Å². The normalized spacial score (nSPS) is 18.0. The van der Waals surface area contributed by atoms with Crippen molar-refractivity contribution in [2.45, 2.75) is 19.1 Å². The Morgan fingerprint density at radius 3 is 2.68 bits per heavy atom. The Morgan fingerprint density at radius 2 is 2.12 bits per heavy atom. The van der Waals surface area contributed by atoms with Crippen LogP contribution in [-0.2, 0) is 15.7 Å². The Kier molecular flexibility index (Phi) is 5.20. The summed E-state index contributed by atoms with van der Waals surface area (Å²) in [5.41, 5.74) is -0.350. The first kappa shape index (κ1) is 18.6. The molecule has 1 heterocycles. The SMILES string of the molecule is C=CCN1C(=O)N[C@@H](c2cccc(C(F)(F)F)c2)C(C(=O)OC)=C1C. The Balaban J connectivity index is 2.57. The fourth-order valence-electron chi connectivity index (χ4n) is 2.65. The lowest BCUT2D eigenvalue weighted by Crippen LogP contribution is -2.48. The molecule has 0 saturated heterocycles. The van der Waals surface area contributed by atoms with E-state index in [0.29, 0.717) is 5.70 Å². The van der Waals surface area contributed by atoms with Gasteiger partial charge in [0.2, 0.25) is 0 Å². The van der Waals surface area contributed by atoms with Gasteiger partial charge in [-0.05, 0) is 24.6 Å². The lowest BCUT2D eigenvalue weighted by molar-refractivity contribution is -0.137. The molecule has 0 aromatic heterocycles. The van der Waals surface area contributed by atoms with E-state index in [1.54, 1.807) is 0 Å². The van der Waals surface area contributed by atoms with E-state index in [1.165, 1.54) is 37.1 Å². The van der Waals surface area contributed by atoms with Crippen molar-refractivity contribution in [3.8, 4) is 0 Å². The zero-order valence-corrected chi connectivity index (χ0v) is 13.7. The van der Waals surface area contributed by atoms with Crippen molar-refractivity contribution in [3.63, 3.8) is 0 Å². The van der Waals surface area contributed by atoms with Crippen LogP contribution in [0.25, 0.3) is 0 Å². The molecule has 5 nitrogen and oxygen atoms in total. The molecule has 1 aromatic carbocycles. The molecule has 1 aromatic rings. The summed E-state index contributed by atoms with van der Waals surface area (Å²) in [5, 5.41) is 2.56. The van der Waals surface area contributed by atoms with Gasteiger partial charge in [0.1, 0.15) is 0 Å². The number of hydrogen-bond donors (Lipinski definition) is 1. The molecule has 25 heavy (non-hydrogen) atoms. The largest absolute Gasteiger partial charge is 0.466 e. The van der Waals surface area contributed by atoms with Gasteiger partial charge >= 0.3 is 18.2 Å². The maximum Gasteiger partial charge on any atom is 0.416 e. The standard InChI is InChI=1S/C17H17F3N2O3/c1-4-8-22-10(2)13(15(23)25-3)14(21-16(22)24)11-6-5-7-12(9-11)17(18,19)20/h4-7,9,14H,1,8H2,2-3H3,(H,21,24)/t14-/m0/s1. The van der Waals surface area contributed by atoms with Crippen LogP contribution in [0.3, 0.4) is 0 Å². The number of ether oxygens (including phenoxy) is 1. The van der Waals surface area contributed by atoms with E-state index in [1.807, 2.05) is 0 Å². The average molecular weight is 354 g/mol. The minimum absolute atomic E-state index is 0.0725. The van der Waals surface area contributed by atoms with E-state index in [2.05, 4.69) is 11.9 Å². The topological polar surface area (TPSA) is 58.6 Å². The summed E-state index contributed by atoms with van der Waals surface area (Å²) in [6.07, 6.45) is -3.06. The molecule has 1 N–H and O–H groups in total. The van der Waals surface area contributed by atoms with Crippen LogP contribution in [0.2, 0.25) is 0 Å². The number of amides is 2. The molecule has 2 amide bonds. The molecule has 1 aliphatic rings. The van der Waals surface area contributed by atoms with Gasteiger partial charge in [0.05, 0.1) is 24.3 Å². The molecule has 0 spiro atoms. The summed E-state index contributed by atoms with van der Waals surface area (Å²) >= 11 is 0. The molecule has 0 fully saturated rings. The lowest BCUT2D eigenvalue weighted by atomic mass is 9.93. The molecule has 134 valence electrons. The van der Waals surface area contributed by atoms with E-state index < -0.39 is 29.8 Å². The Labute approximate surface area is 142 Å². The summed E-state index contributed by atoms with van der Waals surface area (Å²) in [7, 11) is 1.17. The maximum absolute atomic E-state index is 13.0. The molecular formula is C17H17F3N2O3. The highest BCUT2D eigenvalue weighted by molar-refractivity contribution is 5.95. The number of benzene rings is 1. The van der Waals surface area contributed by atoms with Gasteiger partial charge in [0.15, 0.2) is 0 Å². The van der Waals surface area contributed by atoms with Gasteiger partial charge in [-0.1, -0.05) is 18.2 Å². The summed E-state index contributed by atoms with van der Waals surface area (Å²) in [5.74, 6) is -0.728. The molecule has 0 radical (unpaired) electrons. The van der Waals surface area contributed by atoms with Crippen molar-refractivity contribution < 1.29 is 27.5 Å². The monoisotopic (exact) mass is 354 g/mol. The summed E-state index contributed by atoms with van der Waals surface area (Å²) in [4.78, 5) is 25.7. The number of allylic oxidation sites excluding steroid dienone is 1. The van der Waals surface area contributed by atoms with E-state index in [9.17, 15) is 22.8 Å². The highest BCUT2D eigenvalue weighted by Crippen LogP contribution is 2.35. The number of hydrogen-bond acceptors (Lipinski definition) is 3. The van der Waals surface area contributed by atoms with Crippen molar-refractivity contribution in [1.29, 1.82) is 0 Å². The number of nitrogens with one attached hydrogen (secondary N) is 1. The molecule has 1 atom stereocenters. The van der Waals surface area contributed by atoms with E-state index >= 15 is 0 Å². The van der Waals surface area contributed by atoms with E-state index in [0.717, 1.165) is 12.1 Å². The predicted octanol–water partition coefficient (Wildman–Crippen LogP) is 3.40. The van der Waals surface area contributed by atoms with Crippen LogP contribution in [0.4, 0.5) is 18.0 Å². The van der Waals surface area contributed by atoms with Crippen molar-refractivity contribution in [2.75, 3.05) is 13.7 Å². The molecule has 0 bridgehead atoms. The fraction of sp³-hybridized carbons (Fsp3) is 0.294. The van der Waals surface area contributed by atoms with Crippen LogP contribution in [0.15, 0.2) is 48.2 Å². The summed E-state index contributed by atoms with van der Waals surface area (Å²) in [6.45, 7) is 5.23. The highest BCUT2D eigenvalue weighted by atomic mass is 19.4. The third-order valence-corrected chi connectivity index (χ3v) is 3.86. The highest BCUT2D eigenvalue weighted by Gasteiger charge is 2.37. The quantitative estimate of drug-likeness (QED) is 0.666. The Morgan fingerprint density at radius 1 is 1.44 bits per heavy atom. The molecule has 1 aliphatic heterocycles. The lowest BCUT2D eigenvalue weighted by Gasteiger charge is -2.34. The summed E-state index contributed by atoms with van der Waals surface area (Å²) < 4.78 is 43.6. The fourth-order valence-corrected chi connectivity index (χ4v) is 2.65. The molecule has 0 saturated carbocycles. The van der Waals surface area contributed by atoms with Crippen molar-refractivity contribution >= 4 is 12.0 Å². The number of esters is 1. The van der Waals surface area contributed by atoms with E-state index in [-0.39, 0.29) is 17.7 Å². The van der Waals surface area contributed by atoms with Gasteiger partial charge in [-0.2, -0.15) is 13.2 Å². The Hall–Kier alpha value is -2.77.